The van der Waals surface area contributed by atoms with E-state index < -0.39 is 15.7 Å². The van der Waals surface area contributed by atoms with Crippen LogP contribution in [0.5, 0.6) is 0 Å². The predicted molar refractivity (Wildman–Crippen MR) is 92.9 cm³/mol. The van der Waals surface area contributed by atoms with Gasteiger partial charge in [0.1, 0.15) is 6.33 Å². The van der Waals surface area contributed by atoms with Gasteiger partial charge in [-0.2, -0.15) is 4.37 Å². The monoisotopic (exact) mass is 376 g/mol. The molecule has 3 aromatic rings. The van der Waals surface area contributed by atoms with Crippen LogP contribution in [0.4, 0.5) is 10.9 Å². The number of hydrogen-bond acceptors (Lipinski definition) is 9. The molecule has 25 heavy (non-hydrogen) atoms. The molecule has 0 atom stereocenters. The van der Waals surface area contributed by atoms with E-state index in [9.17, 15) is 13.2 Å². The molecule has 3 rings (SSSR count). The van der Waals surface area contributed by atoms with E-state index in [0.717, 1.165) is 17.8 Å². The van der Waals surface area contributed by atoms with Gasteiger partial charge < -0.3 is 5.73 Å². The van der Waals surface area contributed by atoms with Crippen LogP contribution in [0.1, 0.15) is 10.5 Å². The third-order valence-electron chi connectivity index (χ3n) is 3.18. The van der Waals surface area contributed by atoms with Gasteiger partial charge in [0, 0.05) is 23.4 Å². The number of nitrogens with zero attached hydrogens (tertiary/aromatic N) is 4. The first-order valence-electron chi connectivity index (χ1n) is 6.85. The van der Waals surface area contributed by atoms with E-state index >= 15 is 0 Å². The zero-order valence-electron chi connectivity index (χ0n) is 12.9. The first-order chi connectivity index (χ1) is 11.8. The zero-order valence-corrected chi connectivity index (χ0v) is 14.5. The van der Waals surface area contributed by atoms with E-state index in [2.05, 4.69) is 24.6 Å². The van der Waals surface area contributed by atoms with Gasteiger partial charge in [0.2, 0.25) is 5.13 Å². The van der Waals surface area contributed by atoms with Gasteiger partial charge in [0.25, 0.3) is 5.91 Å². The number of amides is 1. The lowest BCUT2D eigenvalue weighted by Gasteiger charge is -2.07. The van der Waals surface area contributed by atoms with Gasteiger partial charge in [-0.1, -0.05) is 12.1 Å². The van der Waals surface area contributed by atoms with Gasteiger partial charge in [0.05, 0.1) is 16.8 Å². The number of benzene rings is 1. The smallest absolute Gasteiger partial charge is 0.279 e. The molecule has 128 valence electrons. The number of sulfone groups is 1. The molecule has 0 aliphatic rings. The lowest BCUT2D eigenvalue weighted by molar-refractivity contribution is 0.102. The van der Waals surface area contributed by atoms with Crippen molar-refractivity contribution in [2.45, 2.75) is 4.90 Å². The summed E-state index contributed by atoms with van der Waals surface area (Å²) in [6.07, 6.45) is 3.85. The fourth-order valence-corrected chi connectivity index (χ4v) is 3.02. The fraction of sp³-hybridized carbons (Fsp3) is 0.0714. The molecule has 2 aromatic heterocycles. The summed E-state index contributed by atoms with van der Waals surface area (Å²) in [7, 11) is -3.29. The molecule has 0 radical (unpaired) electrons. The van der Waals surface area contributed by atoms with E-state index in [1.165, 1.54) is 24.7 Å². The maximum atomic E-state index is 12.3. The van der Waals surface area contributed by atoms with Crippen LogP contribution < -0.4 is 11.1 Å². The Morgan fingerprint density at radius 3 is 2.52 bits per heavy atom. The summed E-state index contributed by atoms with van der Waals surface area (Å²) >= 11 is 1.02. The molecule has 0 fully saturated rings. The van der Waals surface area contributed by atoms with Gasteiger partial charge in [-0.25, -0.2) is 23.4 Å². The van der Waals surface area contributed by atoms with Crippen molar-refractivity contribution in [1.29, 1.82) is 0 Å². The Hall–Kier alpha value is -2.92. The molecular formula is C14H12N6O3S2. The number of carbonyl (C=O) groups excluding carboxylic acids is 1. The van der Waals surface area contributed by atoms with Crippen LogP contribution in [-0.2, 0) is 9.84 Å². The summed E-state index contributed by atoms with van der Waals surface area (Å²) in [6, 6.07) is 6.10. The maximum Gasteiger partial charge on any atom is 0.279 e. The van der Waals surface area contributed by atoms with E-state index in [-0.39, 0.29) is 16.4 Å². The van der Waals surface area contributed by atoms with Gasteiger partial charge >= 0.3 is 0 Å². The topological polar surface area (TPSA) is 141 Å². The Kier molecular flexibility index (Phi) is 4.42. The quantitative estimate of drug-likeness (QED) is 0.692. The highest BCUT2D eigenvalue weighted by atomic mass is 32.2. The Morgan fingerprint density at radius 2 is 1.92 bits per heavy atom. The normalized spacial score (nSPS) is 11.2. The van der Waals surface area contributed by atoms with Gasteiger partial charge in [-0.05, 0) is 12.1 Å². The van der Waals surface area contributed by atoms with Crippen molar-refractivity contribution in [2.24, 2.45) is 0 Å². The summed E-state index contributed by atoms with van der Waals surface area (Å²) in [5.74, 6) is -0.588. The van der Waals surface area contributed by atoms with Crippen LogP contribution in [0.3, 0.4) is 0 Å². The predicted octanol–water partition coefficient (Wildman–Crippen LogP) is 1.23. The Bertz CT molecular complexity index is 1020. The Labute approximate surface area is 147 Å². The SMILES string of the molecule is CS(=O)(=O)c1ccc(-c2cnc(N)c(C(=O)Nc3ncns3)n2)cc1. The number of aromatic nitrogens is 4. The summed E-state index contributed by atoms with van der Waals surface area (Å²) in [5, 5.41) is 2.84. The van der Waals surface area contributed by atoms with E-state index in [4.69, 9.17) is 5.73 Å². The molecule has 0 aliphatic carbocycles. The molecule has 0 bridgehead atoms. The number of rotatable bonds is 4. The summed E-state index contributed by atoms with van der Waals surface area (Å²) in [6.45, 7) is 0. The lowest BCUT2D eigenvalue weighted by atomic mass is 10.1. The van der Waals surface area contributed by atoms with Gasteiger partial charge in [-0.15, -0.1) is 0 Å². The van der Waals surface area contributed by atoms with Crippen LogP contribution >= 0.6 is 11.5 Å². The molecule has 9 nitrogen and oxygen atoms in total. The van der Waals surface area contributed by atoms with Crippen molar-refractivity contribution in [3.63, 3.8) is 0 Å². The highest BCUT2D eigenvalue weighted by Gasteiger charge is 2.16. The highest BCUT2D eigenvalue weighted by molar-refractivity contribution is 7.90. The number of hydrogen-bond donors (Lipinski definition) is 2. The van der Waals surface area contributed by atoms with Crippen molar-refractivity contribution in [1.82, 2.24) is 19.3 Å². The largest absolute Gasteiger partial charge is 0.382 e. The molecule has 0 unspecified atom stereocenters. The fourth-order valence-electron chi connectivity index (χ4n) is 1.96. The molecule has 1 aromatic carbocycles. The number of nitrogen functional groups attached to an aromatic ring is 1. The van der Waals surface area contributed by atoms with E-state index in [1.54, 1.807) is 12.1 Å². The minimum absolute atomic E-state index is 0.0291. The second kappa shape index (κ2) is 6.53. The highest BCUT2D eigenvalue weighted by Crippen LogP contribution is 2.21. The van der Waals surface area contributed by atoms with Crippen molar-refractivity contribution >= 4 is 38.2 Å². The lowest BCUT2D eigenvalue weighted by Crippen LogP contribution is -2.17. The molecule has 0 saturated heterocycles. The van der Waals surface area contributed by atoms with Crippen LogP contribution in [0, 0.1) is 0 Å². The molecular weight excluding hydrogens is 364 g/mol. The van der Waals surface area contributed by atoms with Crippen LogP contribution in [0.15, 0.2) is 41.7 Å². The average molecular weight is 376 g/mol. The molecule has 0 aliphatic heterocycles. The van der Waals surface area contributed by atoms with Crippen molar-refractivity contribution < 1.29 is 13.2 Å². The molecule has 1 amide bonds. The van der Waals surface area contributed by atoms with Crippen molar-refractivity contribution in [3.05, 3.63) is 42.5 Å². The van der Waals surface area contributed by atoms with Crippen LogP contribution in [0.2, 0.25) is 0 Å². The third-order valence-corrected chi connectivity index (χ3v) is 4.88. The summed E-state index contributed by atoms with van der Waals surface area (Å²) in [5.41, 5.74) is 6.66. The second-order valence-electron chi connectivity index (χ2n) is 4.99. The number of carbonyl (C=O) groups is 1. The van der Waals surface area contributed by atoms with Gasteiger partial charge in [0.15, 0.2) is 21.3 Å². The summed E-state index contributed by atoms with van der Waals surface area (Å²) < 4.78 is 26.8. The molecule has 2 heterocycles. The minimum Gasteiger partial charge on any atom is -0.382 e. The zero-order chi connectivity index (χ0) is 18.0. The summed E-state index contributed by atoms with van der Waals surface area (Å²) in [4.78, 5) is 24.5. The molecule has 0 saturated carbocycles. The first kappa shape index (κ1) is 16.9. The second-order valence-corrected chi connectivity index (χ2v) is 7.78. The number of nitrogens with one attached hydrogen (secondary N) is 1. The minimum atomic E-state index is -3.29. The Balaban J connectivity index is 1.92. The average Bonchev–Trinajstić information content (AvgIpc) is 3.07. The number of anilines is 2. The molecule has 11 heteroatoms. The van der Waals surface area contributed by atoms with Gasteiger partial charge in [-0.3, -0.25) is 10.1 Å². The van der Waals surface area contributed by atoms with E-state index in [1.807, 2.05) is 0 Å². The third kappa shape index (κ3) is 3.78. The van der Waals surface area contributed by atoms with Crippen LogP contribution in [0.25, 0.3) is 11.3 Å². The molecule has 0 spiro atoms. The maximum absolute atomic E-state index is 12.3. The van der Waals surface area contributed by atoms with Crippen molar-refractivity contribution in [3.8, 4) is 11.3 Å². The van der Waals surface area contributed by atoms with E-state index in [0.29, 0.717) is 16.4 Å². The van der Waals surface area contributed by atoms with Crippen molar-refractivity contribution in [2.75, 3.05) is 17.3 Å². The Morgan fingerprint density at radius 1 is 1.20 bits per heavy atom. The first-order valence-corrected chi connectivity index (χ1v) is 9.52. The van der Waals surface area contributed by atoms with Crippen LogP contribution in [-0.4, -0.2) is 39.9 Å². The molecule has 3 N–H and O–H groups in total. The standard InChI is InChI=1S/C14H12N6O3S2/c1-25(22,23)9-4-2-8(3-5-9)10-6-16-12(15)11(19-10)13(21)20-14-17-7-18-24-14/h2-7H,1H3,(H2,15,16)(H,17,18,20,21). The number of nitrogens with two attached hydrogens (primary N) is 1.